The number of benzene rings is 2. The van der Waals surface area contributed by atoms with E-state index >= 15 is 0 Å². The number of rotatable bonds is 5. The summed E-state index contributed by atoms with van der Waals surface area (Å²) in [4.78, 5) is 0. The second-order valence-electron chi connectivity index (χ2n) is 5.31. The second-order valence-corrected chi connectivity index (χ2v) is 6.25. The second kappa shape index (κ2) is 6.83. The average molecular weight is 328 g/mol. The van der Waals surface area contributed by atoms with E-state index in [2.05, 4.69) is 34.5 Å². The van der Waals surface area contributed by atoms with E-state index in [1.807, 2.05) is 13.0 Å². The first kappa shape index (κ1) is 15.6. The highest BCUT2D eigenvalue weighted by Gasteiger charge is 2.12. The fraction of sp³-hybridized carbons (Fsp3) is 0.176. The number of nitrogens with zero attached hydrogens (tertiary/aromatic N) is 3. The van der Waals surface area contributed by atoms with E-state index in [-0.39, 0.29) is 5.82 Å². The van der Waals surface area contributed by atoms with Crippen molar-refractivity contribution in [2.75, 3.05) is 5.84 Å². The van der Waals surface area contributed by atoms with Crippen LogP contribution in [-0.2, 0) is 12.2 Å². The zero-order valence-corrected chi connectivity index (χ0v) is 13.6. The van der Waals surface area contributed by atoms with Crippen molar-refractivity contribution >= 4 is 11.8 Å². The minimum absolute atomic E-state index is 0.219. The Balaban J connectivity index is 1.69. The molecule has 0 aliphatic carbocycles. The van der Waals surface area contributed by atoms with Crippen LogP contribution >= 0.6 is 11.8 Å². The van der Waals surface area contributed by atoms with Gasteiger partial charge in [0.05, 0.1) is 0 Å². The van der Waals surface area contributed by atoms with Crippen molar-refractivity contribution in [2.45, 2.75) is 24.3 Å². The number of halogens is 1. The van der Waals surface area contributed by atoms with Gasteiger partial charge in [-0.1, -0.05) is 59.8 Å². The average Bonchev–Trinajstić information content (AvgIpc) is 2.89. The van der Waals surface area contributed by atoms with Gasteiger partial charge in [0, 0.05) is 12.2 Å². The molecule has 118 valence electrons. The number of nitrogens with two attached hydrogens (primary N) is 1. The van der Waals surface area contributed by atoms with Gasteiger partial charge in [0.15, 0.2) is 5.82 Å². The van der Waals surface area contributed by atoms with Gasteiger partial charge < -0.3 is 5.84 Å². The van der Waals surface area contributed by atoms with Crippen molar-refractivity contribution in [1.29, 1.82) is 0 Å². The van der Waals surface area contributed by atoms with Crippen LogP contribution in [0, 0.1) is 12.7 Å². The van der Waals surface area contributed by atoms with Gasteiger partial charge in [-0.25, -0.2) is 9.07 Å². The largest absolute Gasteiger partial charge is 0.336 e. The van der Waals surface area contributed by atoms with Crippen molar-refractivity contribution in [3.05, 3.63) is 76.9 Å². The van der Waals surface area contributed by atoms with E-state index < -0.39 is 0 Å². The lowest BCUT2D eigenvalue weighted by Gasteiger charge is -2.05. The van der Waals surface area contributed by atoms with Crippen molar-refractivity contribution in [2.24, 2.45) is 0 Å². The van der Waals surface area contributed by atoms with E-state index in [0.29, 0.717) is 28.7 Å². The SMILES string of the molecule is Cc1ccc(Cc2nnc(SCc3ccccc3F)n2N)cc1. The van der Waals surface area contributed by atoms with Crippen LogP contribution in [0.2, 0.25) is 0 Å². The monoisotopic (exact) mass is 328 g/mol. The van der Waals surface area contributed by atoms with Crippen molar-refractivity contribution in [3.63, 3.8) is 0 Å². The van der Waals surface area contributed by atoms with Crippen LogP contribution in [0.25, 0.3) is 0 Å². The van der Waals surface area contributed by atoms with Crippen LogP contribution in [0.5, 0.6) is 0 Å². The molecule has 0 amide bonds. The number of hydrogen-bond donors (Lipinski definition) is 1. The minimum atomic E-state index is -0.219. The minimum Gasteiger partial charge on any atom is -0.336 e. The van der Waals surface area contributed by atoms with Crippen LogP contribution < -0.4 is 5.84 Å². The summed E-state index contributed by atoms with van der Waals surface area (Å²) in [6.07, 6.45) is 0.615. The lowest BCUT2D eigenvalue weighted by atomic mass is 10.1. The number of aryl methyl sites for hydroxylation is 1. The Morgan fingerprint density at radius 3 is 2.57 bits per heavy atom. The van der Waals surface area contributed by atoms with Gasteiger partial charge in [-0.05, 0) is 24.1 Å². The topological polar surface area (TPSA) is 56.7 Å². The predicted molar refractivity (Wildman–Crippen MR) is 90.1 cm³/mol. The Kier molecular flexibility index (Phi) is 4.62. The molecule has 0 aliphatic rings. The van der Waals surface area contributed by atoms with Gasteiger partial charge in [-0.3, -0.25) is 0 Å². The molecule has 1 aromatic heterocycles. The highest BCUT2D eigenvalue weighted by molar-refractivity contribution is 7.98. The molecule has 6 heteroatoms. The highest BCUT2D eigenvalue weighted by atomic mass is 32.2. The molecular weight excluding hydrogens is 311 g/mol. The molecule has 0 atom stereocenters. The number of hydrogen-bond acceptors (Lipinski definition) is 4. The summed E-state index contributed by atoms with van der Waals surface area (Å²) in [5.74, 6) is 6.99. The Morgan fingerprint density at radius 1 is 1.09 bits per heavy atom. The summed E-state index contributed by atoms with van der Waals surface area (Å²) in [5, 5.41) is 8.82. The molecule has 4 nitrogen and oxygen atoms in total. The fourth-order valence-electron chi connectivity index (χ4n) is 2.17. The van der Waals surface area contributed by atoms with Gasteiger partial charge in [-0.15, -0.1) is 10.2 Å². The standard InChI is InChI=1S/C17H17FN4S/c1-12-6-8-13(9-7-12)10-16-20-21-17(22(16)19)23-11-14-4-2-3-5-15(14)18/h2-9H,10-11,19H2,1H3. The van der Waals surface area contributed by atoms with Gasteiger partial charge in [0.2, 0.25) is 5.16 Å². The normalized spacial score (nSPS) is 10.9. The van der Waals surface area contributed by atoms with Crippen LogP contribution in [0.4, 0.5) is 4.39 Å². The van der Waals surface area contributed by atoms with Gasteiger partial charge in [-0.2, -0.15) is 0 Å². The highest BCUT2D eigenvalue weighted by Crippen LogP contribution is 2.22. The van der Waals surface area contributed by atoms with E-state index in [1.165, 1.54) is 28.1 Å². The first-order valence-corrected chi connectivity index (χ1v) is 8.23. The van der Waals surface area contributed by atoms with Gasteiger partial charge in [0.25, 0.3) is 0 Å². The van der Waals surface area contributed by atoms with Crippen LogP contribution in [0.1, 0.15) is 22.5 Å². The van der Waals surface area contributed by atoms with Crippen LogP contribution in [0.3, 0.4) is 0 Å². The number of aromatic nitrogens is 3. The van der Waals surface area contributed by atoms with Gasteiger partial charge >= 0.3 is 0 Å². The molecule has 2 aromatic carbocycles. The molecule has 0 aliphatic heterocycles. The third-order valence-corrected chi connectivity index (χ3v) is 4.52. The Labute approximate surface area is 138 Å². The Morgan fingerprint density at radius 2 is 1.83 bits per heavy atom. The van der Waals surface area contributed by atoms with Crippen molar-refractivity contribution < 1.29 is 4.39 Å². The first-order chi connectivity index (χ1) is 11.1. The lowest BCUT2D eigenvalue weighted by Crippen LogP contribution is -2.14. The zero-order valence-electron chi connectivity index (χ0n) is 12.7. The van der Waals surface area contributed by atoms with E-state index in [9.17, 15) is 4.39 Å². The predicted octanol–water partition coefficient (Wildman–Crippen LogP) is 3.32. The maximum atomic E-state index is 13.6. The summed E-state index contributed by atoms with van der Waals surface area (Å²) < 4.78 is 15.1. The van der Waals surface area contributed by atoms with E-state index in [0.717, 1.165) is 5.56 Å². The molecule has 2 N–H and O–H groups in total. The summed E-state index contributed by atoms with van der Waals surface area (Å²) in [6, 6.07) is 14.9. The molecular formula is C17H17FN4S. The maximum absolute atomic E-state index is 13.6. The zero-order chi connectivity index (χ0) is 16.2. The quantitative estimate of drug-likeness (QED) is 0.576. The third-order valence-electron chi connectivity index (χ3n) is 3.53. The molecule has 1 heterocycles. The maximum Gasteiger partial charge on any atom is 0.210 e. The molecule has 0 spiro atoms. The molecule has 0 saturated carbocycles. The summed E-state index contributed by atoms with van der Waals surface area (Å²) in [5.41, 5.74) is 2.96. The summed E-state index contributed by atoms with van der Waals surface area (Å²) in [7, 11) is 0. The lowest BCUT2D eigenvalue weighted by molar-refractivity contribution is 0.617. The first-order valence-electron chi connectivity index (χ1n) is 7.24. The van der Waals surface area contributed by atoms with Crippen LogP contribution in [-0.4, -0.2) is 14.9 Å². The number of nitrogen functional groups attached to an aromatic ring is 1. The Hall–Kier alpha value is -2.34. The van der Waals surface area contributed by atoms with E-state index in [4.69, 9.17) is 5.84 Å². The van der Waals surface area contributed by atoms with E-state index in [1.54, 1.807) is 12.1 Å². The molecule has 0 saturated heterocycles. The molecule has 3 rings (SSSR count). The molecule has 0 unspecified atom stereocenters. The fourth-order valence-corrected chi connectivity index (χ4v) is 3.03. The molecule has 0 fully saturated rings. The third kappa shape index (κ3) is 3.71. The van der Waals surface area contributed by atoms with Gasteiger partial charge in [0.1, 0.15) is 5.82 Å². The van der Waals surface area contributed by atoms with Crippen molar-refractivity contribution in [1.82, 2.24) is 14.9 Å². The molecule has 0 bridgehead atoms. The Bertz CT molecular complexity index is 799. The smallest absolute Gasteiger partial charge is 0.210 e. The molecule has 23 heavy (non-hydrogen) atoms. The summed E-state index contributed by atoms with van der Waals surface area (Å²) in [6.45, 7) is 2.05. The van der Waals surface area contributed by atoms with Crippen molar-refractivity contribution in [3.8, 4) is 0 Å². The molecule has 3 aromatic rings. The summed E-state index contributed by atoms with van der Waals surface area (Å²) >= 11 is 1.37. The van der Waals surface area contributed by atoms with Crippen LogP contribution in [0.15, 0.2) is 53.7 Å². The molecule has 0 radical (unpaired) electrons. The number of thioether (sulfide) groups is 1.